The highest BCUT2D eigenvalue weighted by Crippen LogP contribution is 2.27. The number of hydrogen-bond donors (Lipinski definition) is 2. The van der Waals surface area contributed by atoms with Crippen LogP contribution in [0.15, 0.2) is 17.2 Å². The van der Waals surface area contributed by atoms with Crippen LogP contribution in [0.4, 0.5) is 5.69 Å². The fourth-order valence-electron chi connectivity index (χ4n) is 2.65. The van der Waals surface area contributed by atoms with Crippen LogP contribution in [0.5, 0.6) is 0 Å². The van der Waals surface area contributed by atoms with Crippen LogP contribution in [-0.4, -0.2) is 43.5 Å². The normalized spacial score (nSPS) is 19.0. The molecule has 6 nitrogen and oxygen atoms in total. The largest absolute Gasteiger partial charge is 0.397 e. The van der Waals surface area contributed by atoms with E-state index in [1.807, 2.05) is 0 Å². The zero-order valence-corrected chi connectivity index (χ0v) is 13.7. The topological polar surface area (TPSA) is 88.3 Å². The smallest absolute Gasteiger partial charge is 0.242 e. The van der Waals surface area contributed by atoms with Crippen molar-refractivity contribution in [2.45, 2.75) is 44.0 Å². The first-order valence-electron chi connectivity index (χ1n) is 7.19. The van der Waals surface area contributed by atoms with Crippen molar-refractivity contribution in [1.82, 2.24) is 14.6 Å². The molecule has 0 spiro atoms. The third kappa shape index (κ3) is 3.72. The van der Waals surface area contributed by atoms with Gasteiger partial charge in [-0.3, -0.25) is 9.88 Å². The molecule has 2 rings (SSSR count). The van der Waals surface area contributed by atoms with Crippen LogP contribution in [0.1, 0.15) is 32.4 Å². The first kappa shape index (κ1) is 16.2. The summed E-state index contributed by atoms with van der Waals surface area (Å²) in [4.78, 5) is 6.43. The molecule has 1 aliphatic rings. The molecule has 0 aromatic carbocycles. The standard InChI is InChI=1S/C14H24N4O2S/c1-11-13(15)9-12(10-16-11)21(19,20)17-6-8-18-7-4-5-14(18,2)3/h9-10,17H,4-8,15H2,1-3H3. The number of aromatic nitrogens is 1. The Morgan fingerprint density at radius 3 is 2.76 bits per heavy atom. The van der Waals surface area contributed by atoms with Crippen LogP contribution in [0.25, 0.3) is 0 Å². The van der Waals surface area contributed by atoms with E-state index in [-0.39, 0.29) is 10.4 Å². The summed E-state index contributed by atoms with van der Waals surface area (Å²) in [5, 5.41) is 0. The molecule has 2 heterocycles. The Kier molecular flexibility index (Phi) is 4.55. The van der Waals surface area contributed by atoms with Gasteiger partial charge in [0.25, 0.3) is 0 Å². The van der Waals surface area contributed by atoms with Crippen molar-refractivity contribution in [1.29, 1.82) is 0 Å². The lowest BCUT2D eigenvalue weighted by Crippen LogP contribution is -2.42. The molecule has 1 aromatic rings. The van der Waals surface area contributed by atoms with Crippen LogP contribution in [-0.2, 0) is 10.0 Å². The quantitative estimate of drug-likeness (QED) is 0.851. The van der Waals surface area contributed by atoms with Gasteiger partial charge in [0, 0.05) is 24.8 Å². The van der Waals surface area contributed by atoms with Crippen molar-refractivity contribution >= 4 is 15.7 Å². The molecule has 1 saturated heterocycles. The SMILES string of the molecule is Cc1ncc(S(=O)(=O)NCCN2CCCC2(C)C)cc1N. The van der Waals surface area contributed by atoms with Gasteiger partial charge in [0.1, 0.15) is 4.90 Å². The predicted molar refractivity (Wildman–Crippen MR) is 83.5 cm³/mol. The number of nitrogens with one attached hydrogen (secondary N) is 1. The highest BCUT2D eigenvalue weighted by Gasteiger charge is 2.31. The van der Waals surface area contributed by atoms with E-state index in [9.17, 15) is 8.42 Å². The molecule has 118 valence electrons. The minimum atomic E-state index is -3.55. The van der Waals surface area contributed by atoms with Gasteiger partial charge in [-0.15, -0.1) is 0 Å². The lowest BCUT2D eigenvalue weighted by Gasteiger charge is -2.31. The Bertz CT molecular complexity index is 613. The molecular formula is C14H24N4O2S. The van der Waals surface area contributed by atoms with E-state index in [4.69, 9.17) is 5.73 Å². The molecule has 0 amide bonds. The number of nitrogen functional groups attached to an aromatic ring is 1. The van der Waals surface area contributed by atoms with Crippen LogP contribution in [0.2, 0.25) is 0 Å². The summed E-state index contributed by atoms with van der Waals surface area (Å²) >= 11 is 0. The van der Waals surface area contributed by atoms with E-state index >= 15 is 0 Å². The highest BCUT2D eigenvalue weighted by atomic mass is 32.2. The van der Waals surface area contributed by atoms with Gasteiger partial charge < -0.3 is 5.73 Å². The second kappa shape index (κ2) is 5.90. The Morgan fingerprint density at radius 2 is 2.19 bits per heavy atom. The number of rotatable bonds is 5. The molecule has 21 heavy (non-hydrogen) atoms. The van der Waals surface area contributed by atoms with Gasteiger partial charge in [-0.2, -0.15) is 0 Å². The number of sulfonamides is 1. The Hall–Kier alpha value is -1.18. The van der Waals surface area contributed by atoms with Gasteiger partial charge in [-0.25, -0.2) is 13.1 Å². The summed E-state index contributed by atoms with van der Waals surface area (Å²) in [7, 11) is -3.55. The summed E-state index contributed by atoms with van der Waals surface area (Å²) in [6.07, 6.45) is 3.66. The van der Waals surface area contributed by atoms with Crippen LogP contribution in [0.3, 0.4) is 0 Å². The van der Waals surface area contributed by atoms with Gasteiger partial charge in [0.2, 0.25) is 10.0 Å². The molecule has 0 saturated carbocycles. The van der Waals surface area contributed by atoms with E-state index in [0.29, 0.717) is 24.5 Å². The monoisotopic (exact) mass is 312 g/mol. The number of likely N-dealkylation sites (tertiary alicyclic amines) is 1. The number of nitrogens with two attached hydrogens (primary N) is 1. The molecule has 0 radical (unpaired) electrons. The third-order valence-electron chi connectivity index (χ3n) is 4.16. The molecular weight excluding hydrogens is 288 g/mol. The average molecular weight is 312 g/mol. The number of nitrogens with zero attached hydrogens (tertiary/aromatic N) is 2. The summed E-state index contributed by atoms with van der Waals surface area (Å²) in [5.41, 5.74) is 6.89. The second-order valence-corrected chi connectivity index (χ2v) is 7.91. The lowest BCUT2D eigenvalue weighted by atomic mass is 10.0. The predicted octanol–water partition coefficient (Wildman–Crippen LogP) is 1.12. The van der Waals surface area contributed by atoms with Gasteiger partial charge >= 0.3 is 0 Å². The fourth-order valence-corrected chi connectivity index (χ4v) is 3.65. The Morgan fingerprint density at radius 1 is 1.48 bits per heavy atom. The van der Waals surface area contributed by atoms with Gasteiger partial charge in [0.05, 0.1) is 11.4 Å². The molecule has 1 aliphatic heterocycles. The zero-order valence-electron chi connectivity index (χ0n) is 12.9. The Labute approximate surface area is 126 Å². The molecule has 0 unspecified atom stereocenters. The number of pyridine rings is 1. The third-order valence-corrected chi connectivity index (χ3v) is 5.59. The van der Waals surface area contributed by atoms with Crippen molar-refractivity contribution in [2.75, 3.05) is 25.4 Å². The van der Waals surface area contributed by atoms with E-state index in [1.54, 1.807) is 6.92 Å². The van der Waals surface area contributed by atoms with Crippen molar-refractivity contribution in [3.05, 3.63) is 18.0 Å². The first-order chi connectivity index (χ1) is 9.72. The van der Waals surface area contributed by atoms with E-state index in [0.717, 1.165) is 19.4 Å². The minimum absolute atomic E-state index is 0.117. The lowest BCUT2D eigenvalue weighted by molar-refractivity contribution is 0.178. The Balaban J connectivity index is 1.97. The highest BCUT2D eigenvalue weighted by molar-refractivity contribution is 7.89. The molecule has 3 N–H and O–H groups in total. The maximum Gasteiger partial charge on any atom is 0.242 e. The number of aryl methyl sites for hydroxylation is 1. The summed E-state index contributed by atoms with van der Waals surface area (Å²) < 4.78 is 27.0. The first-order valence-corrected chi connectivity index (χ1v) is 8.67. The number of hydrogen-bond acceptors (Lipinski definition) is 5. The van der Waals surface area contributed by atoms with Crippen LogP contribution in [0, 0.1) is 6.92 Å². The average Bonchev–Trinajstić information content (AvgIpc) is 2.72. The van der Waals surface area contributed by atoms with Gasteiger partial charge in [-0.1, -0.05) is 0 Å². The molecule has 0 bridgehead atoms. The zero-order chi connectivity index (χ0) is 15.7. The van der Waals surface area contributed by atoms with Crippen LogP contribution < -0.4 is 10.5 Å². The van der Waals surface area contributed by atoms with Gasteiger partial charge in [-0.05, 0) is 46.2 Å². The van der Waals surface area contributed by atoms with Gasteiger partial charge in [0.15, 0.2) is 0 Å². The molecule has 1 aromatic heterocycles. The fraction of sp³-hybridized carbons (Fsp3) is 0.643. The van der Waals surface area contributed by atoms with Crippen molar-refractivity contribution in [2.24, 2.45) is 0 Å². The van der Waals surface area contributed by atoms with Crippen molar-refractivity contribution in [3.8, 4) is 0 Å². The molecule has 1 fully saturated rings. The maximum absolute atomic E-state index is 12.2. The van der Waals surface area contributed by atoms with Crippen molar-refractivity contribution in [3.63, 3.8) is 0 Å². The maximum atomic E-state index is 12.2. The van der Waals surface area contributed by atoms with Crippen molar-refractivity contribution < 1.29 is 8.42 Å². The molecule has 7 heteroatoms. The van der Waals surface area contributed by atoms with E-state index in [1.165, 1.54) is 12.3 Å². The molecule has 0 atom stereocenters. The summed E-state index contributed by atoms with van der Waals surface area (Å²) in [6, 6.07) is 1.45. The summed E-state index contributed by atoms with van der Waals surface area (Å²) in [6.45, 7) is 8.25. The second-order valence-electron chi connectivity index (χ2n) is 6.15. The van der Waals surface area contributed by atoms with E-state index in [2.05, 4.69) is 28.5 Å². The number of anilines is 1. The molecule has 0 aliphatic carbocycles. The minimum Gasteiger partial charge on any atom is -0.397 e. The van der Waals surface area contributed by atoms with Crippen LogP contribution >= 0.6 is 0 Å². The summed E-state index contributed by atoms with van der Waals surface area (Å²) in [5.74, 6) is 0. The van der Waals surface area contributed by atoms with E-state index < -0.39 is 10.0 Å².